The molecule has 0 saturated carbocycles. The van der Waals surface area contributed by atoms with E-state index in [0.717, 1.165) is 4.47 Å². The number of carbonyl (C=O) groups is 2. The van der Waals surface area contributed by atoms with Gasteiger partial charge in [0, 0.05) is 22.8 Å². The van der Waals surface area contributed by atoms with Crippen molar-refractivity contribution in [3.05, 3.63) is 56.8 Å². The molecule has 1 aromatic heterocycles. The molecule has 1 aromatic carbocycles. The average molecular weight is 385 g/mol. The van der Waals surface area contributed by atoms with Crippen LogP contribution < -0.4 is 0 Å². The monoisotopic (exact) mass is 383 g/mol. The molecular formula is C16H15BrClNO3. The van der Waals surface area contributed by atoms with Crippen molar-refractivity contribution in [2.45, 2.75) is 19.3 Å². The fraction of sp³-hybridized carbons (Fsp3) is 0.250. The Balaban J connectivity index is 2.48. The molecule has 1 unspecified atom stereocenters. The number of benzene rings is 1. The Morgan fingerprint density at radius 1 is 1.32 bits per heavy atom. The largest absolute Gasteiger partial charge is 0.481 e. The van der Waals surface area contributed by atoms with Crippen LogP contribution in [0.15, 0.2) is 34.8 Å². The molecule has 0 aliphatic carbocycles. The first-order chi connectivity index (χ1) is 10.4. The Labute approximate surface area is 141 Å². The summed E-state index contributed by atoms with van der Waals surface area (Å²) in [4.78, 5) is 24.0. The van der Waals surface area contributed by atoms with Gasteiger partial charge in [0.2, 0.25) is 5.78 Å². The molecule has 0 bridgehead atoms. The van der Waals surface area contributed by atoms with Gasteiger partial charge in [-0.2, -0.15) is 0 Å². The van der Waals surface area contributed by atoms with Gasteiger partial charge in [0.25, 0.3) is 0 Å². The van der Waals surface area contributed by atoms with Gasteiger partial charge in [-0.1, -0.05) is 34.5 Å². The summed E-state index contributed by atoms with van der Waals surface area (Å²) in [6, 6.07) is 8.51. The number of hydrogen-bond donors (Lipinski definition) is 1. The molecule has 2 rings (SSSR count). The van der Waals surface area contributed by atoms with Crippen LogP contribution in [0.2, 0.25) is 5.02 Å². The highest BCUT2D eigenvalue weighted by Crippen LogP contribution is 2.29. The molecule has 0 spiro atoms. The van der Waals surface area contributed by atoms with Crippen LogP contribution in [0, 0.1) is 0 Å². The van der Waals surface area contributed by atoms with Crippen LogP contribution >= 0.6 is 27.5 Å². The third-order valence-electron chi connectivity index (χ3n) is 3.61. The molecule has 0 fully saturated rings. The number of carbonyl (C=O) groups excluding carboxylic acids is 1. The average Bonchev–Trinajstić information content (AvgIpc) is 2.75. The van der Waals surface area contributed by atoms with Crippen molar-refractivity contribution in [2.75, 3.05) is 0 Å². The second kappa shape index (κ2) is 6.67. The van der Waals surface area contributed by atoms with Crippen molar-refractivity contribution in [2.24, 2.45) is 7.05 Å². The lowest BCUT2D eigenvalue weighted by atomic mass is 10.0. The third kappa shape index (κ3) is 3.10. The topological polar surface area (TPSA) is 59.3 Å². The summed E-state index contributed by atoms with van der Waals surface area (Å²) in [6.07, 6.45) is 0.426. The van der Waals surface area contributed by atoms with Gasteiger partial charge < -0.3 is 9.67 Å². The number of halogens is 2. The quantitative estimate of drug-likeness (QED) is 0.784. The van der Waals surface area contributed by atoms with Gasteiger partial charge in [-0.3, -0.25) is 9.59 Å². The van der Waals surface area contributed by atoms with Gasteiger partial charge in [0.1, 0.15) is 5.69 Å². The lowest BCUT2D eigenvalue weighted by Gasteiger charge is -2.12. The maximum Gasteiger partial charge on any atom is 0.312 e. The highest BCUT2D eigenvalue weighted by Gasteiger charge is 2.26. The van der Waals surface area contributed by atoms with Crippen molar-refractivity contribution < 1.29 is 14.7 Å². The predicted octanol–water partition coefficient (Wildman–Crippen LogP) is 4.25. The Hall–Kier alpha value is -1.59. The van der Waals surface area contributed by atoms with Gasteiger partial charge in [-0.05, 0) is 36.8 Å². The molecule has 1 atom stereocenters. The summed E-state index contributed by atoms with van der Waals surface area (Å²) in [5, 5.41) is 9.56. The molecular weight excluding hydrogens is 370 g/mol. The Bertz CT molecular complexity index is 722. The van der Waals surface area contributed by atoms with Gasteiger partial charge in [-0.15, -0.1) is 0 Å². The molecule has 2 aromatic rings. The number of hydrogen-bond acceptors (Lipinski definition) is 2. The van der Waals surface area contributed by atoms with Crippen LogP contribution in [0.3, 0.4) is 0 Å². The number of carboxylic acids is 1. The van der Waals surface area contributed by atoms with E-state index in [-0.39, 0.29) is 10.8 Å². The maximum atomic E-state index is 12.6. The van der Waals surface area contributed by atoms with Gasteiger partial charge in [-0.25, -0.2) is 0 Å². The van der Waals surface area contributed by atoms with Crippen LogP contribution in [-0.2, 0) is 11.8 Å². The van der Waals surface area contributed by atoms with Crippen LogP contribution in [-0.4, -0.2) is 21.4 Å². The van der Waals surface area contributed by atoms with Crippen LogP contribution in [0.25, 0.3) is 0 Å². The zero-order chi connectivity index (χ0) is 16.4. The van der Waals surface area contributed by atoms with Gasteiger partial charge in [0.05, 0.1) is 10.9 Å². The van der Waals surface area contributed by atoms with E-state index in [1.54, 1.807) is 48.9 Å². The van der Waals surface area contributed by atoms with Crippen molar-refractivity contribution in [3.8, 4) is 0 Å². The Kier molecular flexibility index (Phi) is 5.08. The van der Waals surface area contributed by atoms with Crippen molar-refractivity contribution in [1.82, 2.24) is 4.57 Å². The van der Waals surface area contributed by atoms with Crippen LogP contribution in [0.1, 0.15) is 41.0 Å². The molecule has 1 N–H and O–H groups in total. The number of rotatable bonds is 5. The van der Waals surface area contributed by atoms with E-state index in [9.17, 15) is 14.7 Å². The van der Waals surface area contributed by atoms with E-state index < -0.39 is 11.9 Å². The molecule has 6 heteroatoms. The fourth-order valence-corrected chi connectivity index (χ4v) is 3.02. The lowest BCUT2D eigenvalue weighted by molar-refractivity contribution is -0.139. The standard InChI is InChI=1S/C16H15BrClNO3/c1-3-11(16(21)22)13-8-12(18)14(19(13)2)15(20)9-4-6-10(17)7-5-9/h4-8,11H,3H2,1-2H3,(H,21,22). The molecule has 22 heavy (non-hydrogen) atoms. The summed E-state index contributed by atoms with van der Waals surface area (Å²) < 4.78 is 2.45. The smallest absolute Gasteiger partial charge is 0.312 e. The Morgan fingerprint density at radius 2 is 1.91 bits per heavy atom. The SMILES string of the molecule is CCC(C(=O)O)c1cc(Cl)c(C(=O)c2ccc(Br)cc2)n1C. The van der Waals surface area contributed by atoms with E-state index in [4.69, 9.17) is 11.6 Å². The third-order valence-corrected chi connectivity index (χ3v) is 4.43. The number of aromatic nitrogens is 1. The Morgan fingerprint density at radius 3 is 2.41 bits per heavy atom. The second-order valence-corrected chi connectivity index (χ2v) is 6.28. The van der Waals surface area contributed by atoms with E-state index in [1.165, 1.54) is 0 Å². The number of nitrogens with zero attached hydrogens (tertiary/aromatic N) is 1. The highest BCUT2D eigenvalue weighted by molar-refractivity contribution is 9.10. The predicted molar refractivity (Wildman–Crippen MR) is 88.7 cm³/mol. The number of ketones is 1. The number of aliphatic carboxylic acids is 1. The van der Waals surface area contributed by atoms with Crippen LogP contribution in [0.4, 0.5) is 0 Å². The highest BCUT2D eigenvalue weighted by atomic mass is 79.9. The molecule has 1 heterocycles. The second-order valence-electron chi connectivity index (χ2n) is 4.96. The summed E-state index contributed by atoms with van der Waals surface area (Å²) >= 11 is 9.51. The fourth-order valence-electron chi connectivity index (χ4n) is 2.43. The molecule has 0 radical (unpaired) electrons. The van der Waals surface area contributed by atoms with Crippen molar-refractivity contribution in [3.63, 3.8) is 0 Å². The molecule has 0 aliphatic heterocycles. The first-order valence-corrected chi connectivity index (χ1v) is 7.92. The first-order valence-electron chi connectivity index (χ1n) is 6.75. The molecule has 116 valence electrons. The van der Waals surface area contributed by atoms with Crippen molar-refractivity contribution in [1.29, 1.82) is 0 Å². The first kappa shape index (κ1) is 16.8. The normalized spacial score (nSPS) is 12.2. The summed E-state index contributed by atoms with van der Waals surface area (Å²) in [6.45, 7) is 1.79. The van der Waals surface area contributed by atoms with E-state index in [2.05, 4.69) is 15.9 Å². The van der Waals surface area contributed by atoms with E-state index >= 15 is 0 Å². The zero-order valence-electron chi connectivity index (χ0n) is 12.1. The molecule has 4 nitrogen and oxygen atoms in total. The minimum absolute atomic E-state index is 0.230. The minimum Gasteiger partial charge on any atom is -0.481 e. The molecule has 0 saturated heterocycles. The number of carboxylic acid groups (broad SMARTS) is 1. The van der Waals surface area contributed by atoms with Gasteiger partial charge in [0.15, 0.2) is 0 Å². The van der Waals surface area contributed by atoms with E-state index in [1.807, 2.05) is 0 Å². The summed E-state index contributed by atoms with van der Waals surface area (Å²) in [5.41, 5.74) is 1.33. The molecule has 0 amide bonds. The molecule has 0 aliphatic rings. The summed E-state index contributed by atoms with van der Waals surface area (Å²) in [5.74, 6) is -1.84. The summed E-state index contributed by atoms with van der Waals surface area (Å²) in [7, 11) is 1.67. The zero-order valence-corrected chi connectivity index (χ0v) is 14.5. The minimum atomic E-state index is -0.928. The maximum absolute atomic E-state index is 12.6. The lowest BCUT2D eigenvalue weighted by Crippen LogP contribution is -2.16. The van der Waals surface area contributed by atoms with Gasteiger partial charge >= 0.3 is 5.97 Å². The van der Waals surface area contributed by atoms with Crippen molar-refractivity contribution >= 4 is 39.3 Å². The van der Waals surface area contributed by atoms with Crippen LogP contribution in [0.5, 0.6) is 0 Å². The van der Waals surface area contributed by atoms with E-state index in [0.29, 0.717) is 23.4 Å².